The maximum absolute atomic E-state index is 12.0. The summed E-state index contributed by atoms with van der Waals surface area (Å²) in [6, 6.07) is 1.54. The van der Waals surface area contributed by atoms with Gasteiger partial charge in [-0.1, -0.05) is 5.92 Å². The molecule has 2 aromatic rings. The first kappa shape index (κ1) is 14.5. The van der Waals surface area contributed by atoms with Gasteiger partial charge in [0.25, 0.3) is 5.56 Å². The lowest BCUT2D eigenvalue weighted by molar-refractivity contribution is 0.0634. The Morgan fingerprint density at radius 2 is 2.19 bits per heavy atom. The molecular formula is C14H14N4O3. The van der Waals surface area contributed by atoms with Gasteiger partial charge in [0, 0.05) is 11.8 Å². The first-order valence-corrected chi connectivity index (χ1v) is 6.16. The summed E-state index contributed by atoms with van der Waals surface area (Å²) in [5.74, 6) is 2.34. The minimum absolute atomic E-state index is 0.0524. The zero-order valence-corrected chi connectivity index (χ0v) is 11.9. The Bertz CT molecular complexity index is 796. The normalized spacial score (nSPS) is 11.0. The molecule has 21 heavy (non-hydrogen) atoms. The van der Waals surface area contributed by atoms with E-state index in [2.05, 4.69) is 26.2 Å². The highest BCUT2D eigenvalue weighted by atomic mass is 16.6. The lowest BCUT2D eigenvalue weighted by Crippen LogP contribution is -2.28. The highest BCUT2D eigenvalue weighted by Gasteiger charge is 2.17. The van der Waals surface area contributed by atoms with Crippen LogP contribution >= 0.6 is 0 Å². The molecule has 0 saturated heterocycles. The Hall–Kier alpha value is -2.88. The predicted octanol–water partition coefficient (Wildman–Crippen LogP) is 1.65. The number of amides is 1. The minimum Gasteiger partial charge on any atom is -0.444 e. The van der Waals surface area contributed by atoms with Crippen molar-refractivity contribution in [2.75, 3.05) is 5.32 Å². The van der Waals surface area contributed by atoms with Crippen LogP contribution in [0.1, 0.15) is 26.3 Å². The zero-order valence-electron chi connectivity index (χ0n) is 11.9. The number of terminal acetylenes is 1. The molecule has 0 spiro atoms. The SMILES string of the molecule is C#Cc1ccnc2[nH]c(NC(=O)OC(C)(C)C)nc(=O)c12. The molecule has 108 valence electrons. The van der Waals surface area contributed by atoms with Crippen molar-refractivity contribution in [3.63, 3.8) is 0 Å². The molecule has 1 amide bonds. The Labute approximate surface area is 120 Å². The van der Waals surface area contributed by atoms with Crippen LogP contribution in [-0.4, -0.2) is 26.6 Å². The standard InChI is InChI=1S/C14H14N4O3/c1-5-8-6-7-15-10-9(8)11(19)17-12(16-10)18-13(20)21-14(2,3)4/h1,6-7H,2-4H3,(H2,15,16,17,18,19,20). The second-order valence-electron chi connectivity index (χ2n) is 5.24. The van der Waals surface area contributed by atoms with Crippen molar-refractivity contribution in [3.05, 3.63) is 28.2 Å². The molecule has 0 bridgehead atoms. The van der Waals surface area contributed by atoms with Gasteiger partial charge in [-0.15, -0.1) is 6.42 Å². The second-order valence-corrected chi connectivity index (χ2v) is 5.24. The Morgan fingerprint density at radius 1 is 1.48 bits per heavy atom. The monoisotopic (exact) mass is 286 g/mol. The van der Waals surface area contributed by atoms with E-state index in [1.54, 1.807) is 26.8 Å². The quantitative estimate of drug-likeness (QED) is 0.777. The number of carbonyl (C=O) groups is 1. The van der Waals surface area contributed by atoms with Gasteiger partial charge < -0.3 is 9.72 Å². The van der Waals surface area contributed by atoms with Crippen LogP contribution in [0, 0.1) is 12.3 Å². The number of aromatic amines is 1. The fourth-order valence-electron chi connectivity index (χ4n) is 1.65. The topological polar surface area (TPSA) is 97.0 Å². The van der Waals surface area contributed by atoms with Crippen LogP contribution in [-0.2, 0) is 4.74 Å². The number of hydrogen-bond acceptors (Lipinski definition) is 5. The molecular weight excluding hydrogens is 272 g/mol. The molecule has 2 heterocycles. The lowest BCUT2D eigenvalue weighted by Gasteiger charge is -2.19. The molecule has 0 fully saturated rings. The Kier molecular flexibility index (Phi) is 3.63. The van der Waals surface area contributed by atoms with Crippen molar-refractivity contribution in [1.29, 1.82) is 0 Å². The molecule has 2 rings (SSSR count). The maximum Gasteiger partial charge on any atom is 0.414 e. The fourth-order valence-corrected chi connectivity index (χ4v) is 1.65. The molecule has 0 aromatic carbocycles. The van der Waals surface area contributed by atoms with Gasteiger partial charge in [0.2, 0.25) is 5.95 Å². The van der Waals surface area contributed by atoms with Crippen molar-refractivity contribution in [3.8, 4) is 12.3 Å². The number of ether oxygens (including phenoxy) is 1. The maximum atomic E-state index is 12.0. The number of rotatable bonds is 1. The second kappa shape index (κ2) is 5.25. The van der Waals surface area contributed by atoms with E-state index in [0.717, 1.165) is 0 Å². The van der Waals surface area contributed by atoms with Crippen LogP contribution in [0.3, 0.4) is 0 Å². The summed E-state index contributed by atoms with van der Waals surface area (Å²) in [4.78, 5) is 34.1. The number of hydrogen-bond donors (Lipinski definition) is 2. The van der Waals surface area contributed by atoms with Crippen molar-refractivity contribution >= 4 is 23.1 Å². The van der Waals surface area contributed by atoms with E-state index in [0.29, 0.717) is 5.56 Å². The number of aromatic nitrogens is 3. The number of pyridine rings is 1. The van der Waals surface area contributed by atoms with Crippen molar-refractivity contribution in [2.24, 2.45) is 0 Å². The zero-order chi connectivity index (χ0) is 15.6. The van der Waals surface area contributed by atoms with E-state index in [1.807, 2.05) is 0 Å². The van der Waals surface area contributed by atoms with Gasteiger partial charge in [-0.2, -0.15) is 4.98 Å². The lowest BCUT2D eigenvalue weighted by atomic mass is 10.2. The van der Waals surface area contributed by atoms with Crippen LogP contribution < -0.4 is 10.9 Å². The van der Waals surface area contributed by atoms with E-state index in [9.17, 15) is 9.59 Å². The molecule has 2 N–H and O–H groups in total. The van der Waals surface area contributed by atoms with E-state index in [-0.39, 0.29) is 17.0 Å². The first-order chi connectivity index (χ1) is 9.80. The van der Waals surface area contributed by atoms with Crippen LogP contribution in [0.2, 0.25) is 0 Å². The number of nitrogens with zero attached hydrogens (tertiary/aromatic N) is 2. The number of anilines is 1. The third-order valence-electron chi connectivity index (χ3n) is 2.39. The van der Waals surface area contributed by atoms with Crippen molar-refractivity contribution < 1.29 is 9.53 Å². The number of H-pyrrole nitrogens is 1. The van der Waals surface area contributed by atoms with Crippen molar-refractivity contribution in [1.82, 2.24) is 15.0 Å². The molecule has 2 aromatic heterocycles. The van der Waals surface area contributed by atoms with E-state index in [1.165, 1.54) is 6.20 Å². The molecule has 0 aliphatic carbocycles. The minimum atomic E-state index is -0.724. The molecule has 0 unspecified atom stereocenters. The molecule has 7 nitrogen and oxygen atoms in total. The van der Waals surface area contributed by atoms with Gasteiger partial charge in [-0.05, 0) is 26.8 Å². The average Bonchev–Trinajstić information content (AvgIpc) is 2.35. The summed E-state index contributed by atoms with van der Waals surface area (Å²) < 4.78 is 5.07. The predicted molar refractivity (Wildman–Crippen MR) is 78.0 cm³/mol. The number of fused-ring (bicyclic) bond motifs is 1. The molecule has 0 aliphatic heterocycles. The van der Waals surface area contributed by atoms with E-state index in [4.69, 9.17) is 11.2 Å². The Balaban J connectivity index is 2.39. The molecule has 0 radical (unpaired) electrons. The van der Waals surface area contributed by atoms with Crippen LogP contribution in [0.15, 0.2) is 17.1 Å². The van der Waals surface area contributed by atoms with Crippen LogP contribution in [0.25, 0.3) is 11.0 Å². The smallest absolute Gasteiger partial charge is 0.414 e. The highest BCUT2D eigenvalue weighted by molar-refractivity contribution is 5.85. The van der Waals surface area contributed by atoms with Gasteiger partial charge in [0.1, 0.15) is 16.6 Å². The molecule has 7 heteroatoms. The average molecular weight is 286 g/mol. The largest absolute Gasteiger partial charge is 0.444 e. The summed E-state index contributed by atoms with van der Waals surface area (Å²) in [5, 5.41) is 2.55. The van der Waals surface area contributed by atoms with Gasteiger partial charge in [-0.25, -0.2) is 9.78 Å². The number of carbonyl (C=O) groups excluding carboxylic acids is 1. The molecule has 0 saturated carbocycles. The summed E-state index contributed by atoms with van der Waals surface area (Å²) in [7, 11) is 0. The summed E-state index contributed by atoms with van der Waals surface area (Å²) >= 11 is 0. The van der Waals surface area contributed by atoms with Crippen molar-refractivity contribution in [2.45, 2.75) is 26.4 Å². The highest BCUT2D eigenvalue weighted by Crippen LogP contribution is 2.12. The third-order valence-corrected chi connectivity index (χ3v) is 2.39. The van der Waals surface area contributed by atoms with Gasteiger partial charge in [0.15, 0.2) is 0 Å². The number of nitrogens with one attached hydrogen (secondary N) is 2. The van der Waals surface area contributed by atoms with Gasteiger partial charge in [-0.3, -0.25) is 10.1 Å². The van der Waals surface area contributed by atoms with Gasteiger partial charge in [0.05, 0.1) is 0 Å². The van der Waals surface area contributed by atoms with Crippen LogP contribution in [0.5, 0.6) is 0 Å². The molecule has 0 atom stereocenters. The molecule has 0 aliphatic rings. The summed E-state index contributed by atoms with van der Waals surface area (Å²) in [5.41, 5.74) is -0.597. The first-order valence-electron chi connectivity index (χ1n) is 6.16. The Morgan fingerprint density at radius 3 is 2.81 bits per heavy atom. The van der Waals surface area contributed by atoms with E-state index >= 15 is 0 Å². The third kappa shape index (κ3) is 3.36. The summed E-state index contributed by atoms with van der Waals surface area (Å²) in [6.07, 6.45) is 6.06. The van der Waals surface area contributed by atoms with Gasteiger partial charge >= 0.3 is 6.09 Å². The summed E-state index contributed by atoms with van der Waals surface area (Å²) in [6.45, 7) is 5.18. The van der Waals surface area contributed by atoms with E-state index < -0.39 is 17.3 Å². The fraction of sp³-hybridized carbons (Fsp3) is 0.286. The van der Waals surface area contributed by atoms with Crippen LogP contribution in [0.4, 0.5) is 10.7 Å².